The van der Waals surface area contributed by atoms with Crippen LogP contribution >= 0.6 is 23.2 Å². The summed E-state index contributed by atoms with van der Waals surface area (Å²) < 4.78 is 8.46. The number of nitrogens with zero attached hydrogens (tertiary/aromatic N) is 2. The molecule has 0 N–H and O–H groups in total. The average molecular weight is 560 g/mol. The van der Waals surface area contributed by atoms with Crippen LogP contribution in [0.15, 0.2) is 54.7 Å². The van der Waals surface area contributed by atoms with Gasteiger partial charge in [0.1, 0.15) is 6.10 Å². The maximum absolute atomic E-state index is 11.0. The van der Waals surface area contributed by atoms with E-state index in [1.807, 2.05) is 30.0 Å². The Bertz CT molecular complexity index is 1220. The van der Waals surface area contributed by atoms with Crippen molar-refractivity contribution in [3.63, 3.8) is 0 Å². The molecule has 1 aromatic heterocycles. The summed E-state index contributed by atoms with van der Waals surface area (Å²) in [5, 5.41) is 1.11. The number of rotatable bonds is 6. The minimum Gasteiger partial charge on any atom is -0.362 e. The van der Waals surface area contributed by atoms with Gasteiger partial charge in [0, 0.05) is 43.0 Å². The van der Waals surface area contributed by atoms with Crippen LogP contribution in [0.2, 0.25) is 10.0 Å². The molecule has 1 fully saturated rings. The van der Waals surface area contributed by atoms with Crippen molar-refractivity contribution in [1.82, 2.24) is 9.47 Å². The molecule has 5 rings (SSSR count). The molecule has 0 saturated carbocycles. The normalized spacial score (nSPS) is 17.2. The Kier molecular flexibility index (Phi) is 10.3. The fourth-order valence-electron chi connectivity index (χ4n) is 4.90. The highest BCUT2D eigenvalue weighted by Crippen LogP contribution is 2.40. The van der Waals surface area contributed by atoms with Gasteiger partial charge < -0.3 is 14.2 Å². The van der Waals surface area contributed by atoms with Crippen molar-refractivity contribution in [1.29, 1.82) is 0 Å². The van der Waals surface area contributed by atoms with Gasteiger partial charge in [0.2, 0.25) is 5.91 Å². The Labute approximate surface area is 235 Å². The van der Waals surface area contributed by atoms with Gasteiger partial charge in [0.15, 0.2) is 0 Å². The summed E-state index contributed by atoms with van der Waals surface area (Å²) >= 11 is 12.7. The van der Waals surface area contributed by atoms with E-state index >= 15 is 0 Å². The Morgan fingerprint density at radius 2 is 1.82 bits per heavy atom. The first-order valence-corrected chi connectivity index (χ1v) is 14.0. The summed E-state index contributed by atoms with van der Waals surface area (Å²) in [5.74, 6) is 0.714. The van der Waals surface area contributed by atoms with Gasteiger partial charge >= 0.3 is 0 Å². The highest BCUT2D eigenvalue weighted by atomic mass is 35.5. The van der Waals surface area contributed by atoms with E-state index in [1.54, 1.807) is 13.0 Å². The first-order valence-electron chi connectivity index (χ1n) is 13.3. The van der Waals surface area contributed by atoms with Crippen molar-refractivity contribution >= 4 is 29.1 Å². The highest BCUT2D eigenvalue weighted by Gasteiger charge is 2.26. The van der Waals surface area contributed by atoms with Crippen molar-refractivity contribution in [3.8, 4) is 5.69 Å². The van der Waals surface area contributed by atoms with Crippen molar-refractivity contribution in [2.45, 2.75) is 52.7 Å². The van der Waals surface area contributed by atoms with Crippen molar-refractivity contribution in [2.24, 2.45) is 5.92 Å². The molecule has 0 spiro atoms. The molecule has 1 amide bonds. The lowest BCUT2D eigenvalue weighted by Gasteiger charge is -2.30. The molecular formula is C30H36Cl2N2O4. The van der Waals surface area contributed by atoms with Gasteiger partial charge in [0.05, 0.1) is 35.6 Å². The molecule has 2 aromatic carbocycles. The smallest absolute Gasteiger partial charge is 0.219 e. The second-order valence-corrected chi connectivity index (χ2v) is 10.4. The lowest BCUT2D eigenvalue weighted by atomic mass is 9.97. The number of carbonyl (C=O) groups excluding carboxylic acids is 1. The molecule has 2 aliphatic rings. The van der Waals surface area contributed by atoms with Crippen LogP contribution in [0.25, 0.3) is 5.69 Å². The number of benzene rings is 2. The molecule has 0 radical (unpaired) electrons. The molecule has 38 heavy (non-hydrogen) atoms. The van der Waals surface area contributed by atoms with Crippen LogP contribution in [0.1, 0.15) is 62.1 Å². The van der Waals surface area contributed by atoms with Crippen LogP contribution in [0.4, 0.5) is 0 Å². The highest BCUT2D eigenvalue weighted by molar-refractivity contribution is 6.42. The number of aryl methyl sites for hydroxylation is 1. The molecule has 0 unspecified atom stereocenters. The zero-order valence-electron chi connectivity index (χ0n) is 22.3. The molecule has 6 nitrogen and oxygen atoms in total. The van der Waals surface area contributed by atoms with Gasteiger partial charge in [-0.1, -0.05) is 54.4 Å². The van der Waals surface area contributed by atoms with Crippen molar-refractivity contribution in [2.75, 3.05) is 26.3 Å². The maximum atomic E-state index is 11.0. The van der Waals surface area contributed by atoms with Crippen LogP contribution in [0, 0.1) is 5.92 Å². The number of piperidine rings is 1. The maximum Gasteiger partial charge on any atom is 0.219 e. The number of carbonyl (C=O) groups is 1. The van der Waals surface area contributed by atoms with Gasteiger partial charge in [-0.25, -0.2) is 9.78 Å². The van der Waals surface area contributed by atoms with Crippen molar-refractivity contribution in [3.05, 3.63) is 87.2 Å². The molecule has 204 valence electrons. The molecule has 1 atom stereocenters. The number of amides is 1. The number of hydrogen-bond donors (Lipinski definition) is 0. The van der Waals surface area contributed by atoms with Gasteiger partial charge in [-0.05, 0) is 61.9 Å². The second-order valence-electron chi connectivity index (χ2n) is 9.59. The Morgan fingerprint density at radius 3 is 2.53 bits per heavy atom. The minimum absolute atomic E-state index is 0.175. The summed E-state index contributed by atoms with van der Waals surface area (Å²) in [7, 11) is 0. The number of fused-ring (bicyclic) bond motifs is 3. The second kappa shape index (κ2) is 13.6. The monoisotopic (exact) mass is 558 g/mol. The third kappa shape index (κ3) is 6.80. The van der Waals surface area contributed by atoms with E-state index in [4.69, 9.17) is 37.7 Å². The van der Waals surface area contributed by atoms with E-state index < -0.39 is 0 Å². The molecule has 1 saturated heterocycles. The van der Waals surface area contributed by atoms with Crippen LogP contribution in [-0.2, 0) is 32.3 Å². The Hall–Kier alpha value is -2.35. The molecule has 8 heteroatoms. The Morgan fingerprint density at radius 1 is 1.03 bits per heavy atom. The summed E-state index contributed by atoms with van der Waals surface area (Å²) in [6.07, 6.45) is 4.85. The van der Waals surface area contributed by atoms with E-state index in [1.165, 1.54) is 5.56 Å². The van der Waals surface area contributed by atoms with Gasteiger partial charge in [-0.15, -0.1) is 0 Å². The van der Waals surface area contributed by atoms with Crippen LogP contribution in [-0.4, -0.2) is 41.7 Å². The van der Waals surface area contributed by atoms with E-state index in [-0.39, 0.29) is 12.0 Å². The van der Waals surface area contributed by atoms with Crippen LogP contribution < -0.4 is 0 Å². The lowest BCUT2D eigenvalue weighted by Crippen LogP contribution is -2.38. The summed E-state index contributed by atoms with van der Waals surface area (Å²) in [6, 6.07) is 16.4. The predicted molar refractivity (Wildman–Crippen MR) is 151 cm³/mol. The van der Waals surface area contributed by atoms with Crippen molar-refractivity contribution < 1.29 is 19.3 Å². The van der Waals surface area contributed by atoms with E-state index in [0.717, 1.165) is 54.9 Å². The minimum atomic E-state index is -0.238. The summed E-state index contributed by atoms with van der Waals surface area (Å²) in [4.78, 5) is 22.8. The van der Waals surface area contributed by atoms with Gasteiger partial charge in [-0.3, -0.25) is 4.79 Å². The first kappa shape index (κ1) is 28.7. The quantitative estimate of drug-likeness (QED) is 0.182. The molecule has 0 bridgehead atoms. The largest absolute Gasteiger partial charge is 0.362 e. The van der Waals surface area contributed by atoms with E-state index in [0.29, 0.717) is 35.8 Å². The summed E-state index contributed by atoms with van der Waals surface area (Å²) in [5.41, 5.74) is 5.56. The standard InChI is InChI=1S/C20H17Cl2NO.C10H19NO3/c1-2-13-8-9-18-16(11-13)20(15-6-3-7-17(21)19(15)22)24-12-14-5-4-10-23(14)18;1-3-13-14-8-10-4-6-11(7-5-10)9(2)12/h3-11,20H,2,12H2,1H3;10H,3-8H2,1-2H3/t20-;/m1./s1. The van der Waals surface area contributed by atoms with E-state index in [9.17, 15) is 4.79 Å². The third-order valence-corrected chi connectivity index (χ3v) is 7.94. The fraction of sp³-hybridized carbons (Fsp3) is 0.433. The lowest BCUT2D eigenvalue weighted by molar-refractivity contribution is -0.299. The molecule has 3 aromatic rings. The summed E-state index contributed by atoms with van der Waals surface area (Å²) in [6.45, 7) is 9.16. The fourth-order valence-corrected chi connectivity index (χ4v) is 5.31. The molecule has 0 aliphatic carbocycles. The van der Waals surface area contributed by atoms with Gasteiger partial charge in [0.25, 0.3) is 0 Å². The molecular weight excluding hydrogens is 523 g/mol. The third-order valence-electron chi connectivity index (χ3n) is 7.10. The number of ether oxygens (including phenoxy) is 1. The van der Waals surface area contributed by atoms with Crippen LogP contribution in [0.3, 0.4) is 0 Å². The number of halogens is 2. The number of aromatic nitrogens is 1. The van der Waals surface area contributed by atoms with Crippen LogP contribution in [0.5, 0.6) is 0 Å². The predicted octanol–water partition coefficient (Wildman–Crippen LogP) is 7.18. The molecule has 2 aliphatic heterocycles. The first-order chi connectivity index (χ1) is 18.4. The van der Waals surface area contributed by atoms with E-state index in [2.05, 4.69) is 42.0 Å². The zero-order chi connectivity index (χ0) is 27.1. The van der Waals surface area contributed by atoms with Gasteiger partial charge in [-0.2, -0.15) is 0 Å². The number of likely N-dealkylation sites (tertiary alicyclic amines) is 1. The average Bonchev–Trinajstić information content (AvgIpc) is 3.34. The topological polar surface area (TPSA) is 52.9 Å². The molecule has 3 heterocycles. The zero-order valence-corrected chi connectivity index (χ0v) is 23.8. The number of hydrogen-bond acceptors (Lipinski definition) is 4. The Balaban J connectivity index is 0.000000206. The SMILES string of the molecule is CCOOCC1CCN(C(C)=O)CC1.CCc1ccc2c(c1)[C@@H](c1cccc(Cl)c1Cl)OCc1cccn1-2.